The van der Waals surface area contributed by atoms with Crippen molar-refractivity contribution in [1.82, 2.24) is 14.5 Å². The highest BCUT2D eigenvalue weighted by Crippen LogP contribution is 2.38. The fourth-order valence-electron chi connectivity index (χ4n) is 4.29. The van der Waals surface area contributed by atoms with Crippen molar-refractivity contribution in [2.75, 3.05) is 19.6 Å². The van der Waals surface area contributed by atoms with Gasteiger partial charge in [-0.2, -0.15) is 0 Å². The fourth-order valence-corrected chi connectivity index (χ4v) is 5.33. The molecule has 142 valence electrons. The largest absolute Gasteiger partial charge is 0.331 e. The van der Waals surface area contributed by atoms with Crippen LogP contribution in [0.25, 0.3) is 11.6 Å². The van der Waals surface area contributed by atoms with Crippen LogP contribution in [0, 0.1) is 0 Å². The predicted octanol–water partition coefficient (Wildman–Crippen LogP) is 5.11. The Morgan fingerprint density at radius 1 is 1.00 bits per heavy atom. The van der Waals surface area contributed by atoms with Gasteiger partial charge in [-0.15, -0.1) is 11.3 Å². The van der Waals surface area contributed by atoms with Gasteiger partial charge in [0, 0.05) is 49.0 Å². The number of benzene rings is 1. The predicted molar refractivity (Wildman–Crippen MR) is 117 cm³/mol. The molecule has 0 spiro atoms. The van der Waals surface area contributed by atoms with Crippen LogP contribution in [0.5, 0.6) is 0 Å². The third-order valence-electron chi connectivity index (χ3n) is 5.82. The Hall–Kier alpha value is -2.43. The van der Waals surface area contributed by atoms with Gasteiger partial charge >= 0.3 is 0 Å². The lowest BCUT2D eigenvalue weighted by Gasteiger charge is -2.28. The summed E-state index contributed by atoms with van der Waals surface area (Å²) in [4.78, 5) is 8.75. The van der Waals surface area contributed by atoms with Gasteiger partial charge in [0.25, 0.3) is 0 Å². The number of aromatic nitrogens is 2. The number of likely N-dealkylation sites (tertiary alicyclic amines) is 1. The monoisotopic (exact) mass is 387 g/mol. The molecule has 0 saturated carbocycles. The van der Waals surface area contributed by atoms with Gasteiger partial charge in [0.1, 0.15) is 5.82 Å². The Balaban J connectivity index is 1.33. The van der Waals surface area contributed by atoms with Gasteiger partial charge in [-0.3, -0.25) is 4.90 Å². The first-order valence-electron chi connectivity index (χ1n) is 10.1. The maximum absolute atomic E-state index is 4.74. The molecular weight excluding hydrogens is 362 g/mol. The molecule has 4 heteroatoms. The van der Waals surface area contributed by atoms with Crippen LogP contribution in [0.3, 0.4) is 0 Å². The summed E-state index contributed by atoms with van der Waals surface area (Å²) < 4.78 is 2.34. The van der Waals surface area contributed by atoms with Crippen molar-refractivity contribution in [3.8, 4) is 0 Å². The lowest BCUT2D eigenvalue weighted by molar-refractivity contribution is 0.284. The molecule has 2 aliphatic rings. The van der Waals surface area contributed by atoms with Crippen LogP contribution >= 0.6 is 11.3 Å². The third-order valence-corrected chi connectivity index (χ3v) is 6.80. The molecule has 1 fully saturated rings. The zero-order chi connectivity index (χ0) is 18.8. The minimum absolute atomic E-state index is 1.02. The van der Waals surface area contributed by atoms with E-state index in [1.807, 2.05) is 17.5 Å². The molecule has 3 nitrogen and oxygen atoms in total. The number of piperidine rings is 1. The van der Waals surface area contributed by atoms with Crippen LogP contribution in [0.4, 0.5) is 0 Å². The normalized spacial score (nSPS) is 17.6. The van der Waals surface area contributed by atoms with Crippen molar-refractivity contribution in [2.45, 2.75) is 25.8 Å². The van der Waals surface area contributed by atoms with E-state index in [2.05, 4.69) is 69.6 Å². The lowest BCUT2D eigenvalue weighted by atomic mass is 9.95. The van der Waals surface area contributed by atoms with Gasteiger partial charge in [0.15, 0.2) is 0 Å². The first-order valence-corrected chi connectivity index (χ1v) is 11.0. The topological polar surface area (TPSA) is 21.1 Å². The zero-order valence-electron chi connectivity index (χ0n) is 16.1. The Kier molecular flexibility index (Phi) is 4.98. The van der Waals surface area contributed by atoms with Crippen LogP contribution in [-0.2, 0) is 13.0 Å². The molecule has 0 radical (unpaired) electrons. The van der Waals surface area contributed by atoms with Gasteiger partial charge in [-0.05, 0) is 41.8 Å². The molecule has 1 aromatic carbocycles. The number of hydrogen-bond donors (Lipinski definition) is 0. The molecule has 3 aromatic rings. The SMILES string of the molecule is C(=C\c1ccccc1)/CN1CCC(=C2c3sccc3CCn3ccnc32)CC1. The molecule has 0 amide bonds. The van der Waals surface area contributed by atoms with E-state index in [1.54, 1.807) is 5.57 Å². The van der Waals surface area contributed by atoms with E-state index in [0.717, 1.165) is 45.4 Å². The molecule has 0 bridgehead atoms. The standard InChI is InChI=1S/C24H25N3S/c1-2-5-19(6-3-1)7-4-13-26-14-8-20(9-15-26)22-23-21(11-18-28-23)10-16-27-17-12-25-24(22)27/h1-7,11-12,17-18H,8-10,13-16H2/b7-4+. The minimum Gasteiger partial charge on any atom is -0.331 e. The van der Waals surface area contributed by atoms with Gasteiger partial charge < -0.3 is 4.57 Å². The Morgan fingerprint density at radius 3 is 2.71 bits per heavy atom. The fraction of sp³-hybridized carbons (Fsp3) is 0.292. The van der Waals surface area contributed by atoms with E-state index in [0.29, 0.717) is 0 Å². The molecule has 1 saturated heterocycles. The molecule has 4 heterocycles. The Morgan fingerprint density at radius 2 is 1.86 bits per heavy atom. The summed E-state index contributed by atoms with van der Waals surface area (Å²) in [6.07, 6.45) is 12.0. The zero-order valence-corrected chi connectivity index (χ0v) is 16.9. The highest BCUT2D eigenvalue weighted by atomic mass is 32.1. The summed E-state index contributed by atoms with van der Waals surface area (Å²) in [5.41, 5.74) is 5.78. The smallest absolute Gasteiger partial charge is 0.141 e. The number of hydrogen-bond acceptors (Lipinski definition) is 3. The number of imidazole rings is 1. The van der Waals surface area contributed by atoms with E-state index in [-0.39, 0.29) is 0 Å². The van der Waals surface area contributed by atoms with Gasteiger partial charge in [-0.1, -0.05) is 48.1 Å². The minimum atomic E-state index is 1.02. The van der Waals surface area contributed by atoms with Crippen LogP contribution in [0.15, 0.2) is 65.8 Å². The van der Waals surface area contributed by atoms with Crippen molar-refractivity contribution in [1.29, 1.82) is 0 Å². The maximum Gasteiger partial charge on any atom is 0.141 e. The lowest BCUT2D eigenvalue weighted by Crippen LogP contribution is -2.31. The summed E-state index contributed by atoms with van der Waals surface area (Å²) in [5.74, 6) is 1.17. The van der Waals surface area contributed by atoms with Crippen molar-refractivity contribution < 1.29 is 0 Å². The Labute approximate surface area is 170 Å². The second kappa shape index (κ2) is 7.90. The third kappa shape index (κ3) is 3.50. The number of rotatable bonds is 3. The average Bonchev–Trinajstić information content (AvgIpc) is 3.36. The highest BCUT2D eigenvalue weighted by Gasteiger charge is 2.25. The number of aryl methyl sites for hydroxylation is 2. The molecule has 2 aliphatic heterocycles. The molecule has 0 aliphatic carbocycles. The average molecular weight is 388 g/mol. The van der Waals surface area contributed by atoms with Crippen LogP contribution in [0.1, 0.15) is 34.7 Å². The van der Waals surface area contributed by atoms with Crippen LogP contribution < -0.4 is 0 Å². The Bertz CT molecular complexity index is 955. The maximum atomic E-state index is 4.74. The molecule has 5 rings (SSSR count). The second-order valence-corrected chi connectivity index (χ2v) is 8.48. The molecule has 28 heavy (non-hydrogen) atoms. The van der Waals surface area contributed by atoms with Crippen molar-refractivity contribution in [3.05, 3.63) is 87.6 Å². The van der Waals surface area contributed by atoms with Crippen LogP contribution in [-0.4, -0.2) is 34.1 Å². The molecule has 0 unspecified atom stereocenters. The van der Waals surface area contributed by atoms with Gasteiger partial charge in [-0.25, -0.2) is 4.98 Å². The summed E-state index contributed by atoms with van der Waals surface area (Å²) >= 11 is 1.88. The van der Waals surface area contributed by atoms with E-state index >= 15 is 0 Å². The van der Waals surface area contributed by atoms with Crippen molar-refractivity contribution in [3.63, 3.8) is 0 Å². The van der Waals surface area contributed by atoms with E-state index in [9.17, 15) is 0 Å². The molecule has 0 N–H and O–H groups in total. The van der Waals surface area contributed by atoms with E-state index < -0.39 is 0 Å². The first-order chi connectivity index (χ1) is 13.9. The second-order valence-electron chi connectivity index (χ2n) is 7.56. The number of fused-ring (bicyclic) bond motifs is 2. The highest BCUT2D eigenvalue weighted by molar-refractivity contribution is 7.11. The van der Waals surface area contributed by atoms with Crippen molar-refractivity contribution >= 4 is 23.0 Å². The number of nitrogens with zero attached hydrogens (tertiary/aromatic N) is 3. The summed E-state index contributed by atoms with van der Waals surface area (Å²) in [6, 6.07) is 12.9. The summed E-state index contributed by atoms with van der Waals surface area (Å²) in [5, 5.41) is 2.24. The summed E-state index contributed by atoms with van der Waals surface area (Å²) in [7, 11) is 0. The molecule has 2 aromatic heterocycles. The summed E-state index contributed by atoms with van der Waals surface area (Å²) in [6.45, 7) is 4.31. The van der Waals surface area contributed by atoms with E-state index in [1.165, 1.54) is 27.4 Å². The first kappa shape index (κ1) is 17.7. The van der Waals surface area contributed by atoms with E-state index in [4.69, 9.17) is 4.98 Å². The molecule has 0 atom stereocenters. The van der Waals surface area contributed by atoms with Gasteiger partial charge in [0.2, 0.25) is 0 Å². The van der Waals surface area contributed by atoms with Crippen molar-refractivity contribution in [2.24, 2.45) is 0 Å². The van der Waals surface area contributed by atoms with Crippen LogP contribution in [0.2, 0.25) is 0 Å². The van der Waals surface area contributed by atoms with Gasteiger partial charge in [0.05, 0.1) is 0 Å². The number of thiophene rings is 1. The molecular formula is C24H25N3S. The quantitative estimate of drug-likeness (QED) is 0.622.